The van der Waals surface area contributed by atoms with E-state index in [2.05, 4.69) is 4.98 Å². The summed E-state index contributed by atoms with van der Waals surface area (Å²) in [7, 11) is 0. The van der Waals surface area contributed by atoms with Crippen molar-refractivity contribution in [2.24, 2.45) is 11.7 Å². The number of aromatic nitrogens is 1. The fourth-order valence-electron chi connectivity index (χ4n) is 1.94. The molecular formula is C12H15F3N2. The first-order chi connectivity index (χ1) is 8.00. The maximum atomic E-state index is 12.3. The highest BCUT2D eigenvalue weighted by Gasteiger charge is 2.32. The van der Waals surface area contributed by atoms with Crippen LogP contribution in [0.15, 0.2) is 18.3 Å². The maximum Gasteiger partial charge on any atom is 0.433 e. The van der Waals surface area contributed by atoms with E-state index in [9.17, 15) is 13.2 Å². The van der Waals surface area contributed by atoms with E-state index in [4.69, 9.17) is 5.73 Å². The third-order valence-electron chi connectivity index (χ3n) is 3.15. The van der Waals surface area contributed by atoms with Crippen LogP contribution in [0.3, 0.4) is 0 Å². The Morgan fingerprint density at radius 1 is 1.35 bits per heavy atom. The van der Waals surface area contributed by atoms with E-state index in [0.717, 1.165) is 18.1 Å². The smallest absolute Gasteiger partial charge is 0.330 e. The zero-order valence-electron chi connectivity index (χ0n) is 9.37. The monoisotopic (exact) mass is 244 g/mol. The molecule has 0 amide bonds. The maximum absolute atomic E-state index is 12.3. The summed E-state index contributed by atoms with van der Waals surface area (Å²) >= 11 is 0. The van der Waals surface area contributed by atoms with Crippen LogP contribution in [0.1, 0.15) is 36.4 Å². The topological polar surface area (TPSA) is 38.9 Å². The first kappa shape index (κ1) is 12.4. The number of rotatable bonds is 4. The summed E-state index contributed by atoms with van der Waals surface area (Å²) in [4.78, 5) is 3.47. The van der Waals surface area contributed by atoms with Crippen LogP contribution in [-0.4, -0.2) is 11.5 Å². The Bertz CT molecular complexity index is 368. The van der Waals surface area contributed by atoms with Gasteiger partial charge in [-0.05, 0) is 36.4 Å². The molecule has 1 aliphatic rings. The van der Waals surface area contributed by atoms with Gasteiger partial charge in [0.2, 0.25) is 0 Å². The van der Waals surface area contributed by atoms with Crippen molar-refractivity contribution in [2.45, 2.75) is 31.4 Å². The quantitative estimate of drug-likeness (QED) is 0.884. The largest absolute Gasteiger partial charge is 0.433 e. The molecule has 1 aromatic heterocycles. The Kier molecular flexibility index (Phi) is 3.38. The molecule has 0 aromatic carbocycles. The number of hydrogen-bond acceptors (Lipinski definition) is 2. The zero-order valence-corrected chi connectivity index (χ0v) is 9.37. The van der Waals surface area contributed by atoms with Gasteiger partial charge in [-0.3, -0.25) is 4.98 Å². The fraction of sp³-hybridized carbons (Fsp3) is 0.583. The highest BCUT2D eigenvalue weighted by molar-refractivity contribution is 5.20. The third kappa shape index (κ3) is 3.19. The van der Waals surface area contributed by atoms with Crippen molar-refractivity contribution in [2.75, 3.05) is 6.54 Å². The van der Waals surface area contributed by atoms with Crippen molar-refractivity contribution in [1.29, 1.82) is 0 Å². The van der Waals surface area contributed by atoms with Crippen LogP contribution in [0.2, 0.25) is 0 Å². The molecule has 1 heterocycles. The summed E-state index contributed by atoms with van der Waals surface area (Å²) in [6.07, 6.45) is 0.328. The molecule has 1 aliphatic carbocycles. The normalized spacial score (nSPS) is 18.1. The molecule has 5 heteroatoms. The molecule has 17 heavy (non-hydrogen) atoms. The van der Waals surface area contributed by atoms with Crippen LogP contribution < -0.4 is 5.73 Å². The van der Waals surface area contributed by atoms with Gasteiger partial charge < -0.3 is 5.73 Å². The first-order valence-corrected chi connectivity index (χ1v) is 5.74. The van der Waals surface area contributed by atoms with E-state index in [1.807, 2.05) is 0 Å². The van der Waals surface area contributed by atoms with Crippen LogP contribution >= 0.6 is 0 Å². The molecule has 1 saturated carbocycles. The van der Waals surface area contributed by atoms with Crippen molar-refractivity contribution in [3.8, 4) is 0 Å². The fourth-order valence-corrected chi connectivity index (χ4v) is 1.94. The predicted octanol–water partition coefficient (Wildman–Crippen LogP) is 2.94. The summed E-state index contributed by atoms with van der Waals surface area (Å²) < 4.78 is 37.0. The lowest BCUT2D eigenvalue weighted by Gasteiger charge is -2.15. The van der Waals surface area contributed by atoms with E-state index in [1.54, 1.807) is 0 Å². The third-order valence-corrected chi connectivity index (χ3v) is 3.15. The van der Waals surface area contributed by atoms with Crippen molar-refractivity contribution < 1.29 is 13.2 Å². The second-order valence-electron chi connectivity index (χ2n) is 4.59. The summed E-state index contributed by atoms with van der Waals surface area (Å²) in [5, 5.41) is 0. The van der Waals surface area contributed by atoms with Crippen molar-refractivity contribution >= 4 is 0 Å². The van der Waals surface area contributed by atoms with Gasteiger partial charge >= 0.3 is 6.18 Å². The van der Waals surface area contributed by atoms with Crippen LogP contribution in [0, 0.1) is 5.92 Å². The summed E-state index contributed by atoms with van der Waals surface area (Å²) in [6.45, 7) is 0.462. The van der Waals surface area contributed by atoms with Crippen molar-refractivity contribution in [3.05, 3.63) is 29.6 Å². The second kappa shape index (κ2) is 4.64. The SMILES string of the molecule is NC[C@@H](CC1CC1)c1ccc(C(F)(F)F)nc1. The number of alkyl halides is 3. The van der Waals surface area contributed by atoms with Gasteiger partial charge in [-0.1, -0.05) is 18.9 Å². The number of halogens is 3. The lowest BCUT2D eigenvalue weighted by molar-refractivity contribution is -0.141. The number of nitrogens with two attached hydrogens (primary N) is 1. The minimum absolute atomic E-state index is 0.136. The summed E-state index contributed by atoms with van der Waals surface area (Å²) in [5.41, 5.74) is 5.62. The van der Waals surface area contributed by atoms with Gasteiger partial charge in [0.05, 0.1) is 0 Å². The Labute approximate surface area is 98.0 Å². The Hall–Kier alpha value is -1.10. The highest BCUT2D eigenvalue weighted by atomic mass is 19.4. The molecule has 1 fully saturated rings. The van der Waals surface area contributed by atoms with E-state index in [-0.39, 0.29) is 5.92 Å². The molecule has 0 bridgehead atoms. The number of nitrogens with zero attached hydrogens (tertiary/aromatic N) is 1. The molecule has 94 valence electrons. The van der Waals surface area contributed by atoms with Crippen molar-refractivity contribution in [3.63, 3.8) is 0 Å². The minimum atomic E-state index is -4.37. The highest BCUT2D eigenvalue weighted by Crippen LogP contribution is 2.38. The van der Waals surface area contributed by atoms with Crippen LogP contribution in [-0.2, 0) is 6.18 Å². The average molecular weight is 244 g/mol. The second-order valence-corrected chi connectivity index (χ2v) is 4.59. The first-order valence-electron chi connectivity index (χ1n) is 5.74. The molecule has 2 N–H and O–H groups in total. The van der Waals surface area contributed by atoms with Gasteiger partial charge in [0, 0.05) is 6.20 Å². The number of hydrogen-bond donors (Lipinski definition) is 1. The van der Waals surface area contributed by atoms with Crippen LogP contribution in [0.25, 0.3) is 0 Å². The van der Waals surface area contributed by atoms with Gasteiger partial charge in [-0.25, -0.2) is 0 Å². The molecule has 2 rings (SSSR count). The molecule has 1 atom stereocenters. The minimum Gasteiger partial charge on any atom is -0.330 e. The summed E-state index contributed by atoms with van der Waals surface area (Å²) in [6, 6.07) is 2.53. The van der Waals surface area contributed by atoms with E-state index < -0.39 is 11.9 Å². The Morgan fingerprint density at radius 3 is 2.47 bits per heavy atom. The zero-order chi connectivity index (χ0) is 12.5. The van der Waals surface area contributed by atoms with Crippen molar-refractivity contribution in [1.82, 2.24) is 4.98 Å². The van der Waals surface area contributed by atoms with Gasteiger partial charge in [-0.2, -0.15) is 13.2 Å². The van der Waals surface area contributed by atoms with E-state index in [1.165, 1.54) is 25.1 Å². The van der Waals surface area contributed by atoms with Crippen LogP contribution in [0.4, 0.5) is 13.2 Å². The molecule has 0 unspecified atom stereocenters. The molecule has 0 saturated heterocycles. The molecule has 0 aliphatic heterocycles. The molecule has 0 spiro atoms. The molecule has 1 aromatic rings. The summed E-state index contributed by atoms with van der Waals surface area (Å²) in [5.74, 6) is 0.836. The lowest BCUT2D eigenvalue weighted by Crippen LogP contribution is -2.14. The standard InChI is InChI=1S/C12H15F3N2/c13-12(14,15)11-4-3-9(7-17-11)10(6-16)5-8-1-2-8/h3-4,7-8,10H,1-2,5-6,16H2/t10-/m1/s1. The van der Waals surface area contributed by atoms with Gasteiger partial charge in [0.25, 0.3) is 0 Å². The lowest BCUT2D eigenvalue weighted by atomic mass is 9.95. The molecule has 2 nitrogen and oxygen atoms in total. The number of pyridine rings is 1. The average Bonchev–Trinajstić information content (AvgIpc) is 3.09. The van der Waals surface area contributed by atoms with E-state index >= 15 is 0 Å². The Morgan fingerprint density at radius 2 is 2.06 bits per heavy atom. The van der Waals surface area contributed by atoms with Gasteiger partial charge in [-0.15, -0.1) is 0 Å². The van der Waals surface area contributed by atoms with Gasteiger partial charge in [0.1, 0.15) is 5.69 Å². The van der Waals surface area contributed by atoms with E-state index in [0.29, 0.717) is 12.5 Å². The Balaban J connectivity index is 2.09. The molecule has 0 radical (unpaired) electrons. The predicted molar refractivity (Wildman–Crippen MR) is 58.4 cm³/mol. The van der Waals surface area contributed by atoms with Gasteiger partial charge in [0.15, 0.2) is 0 Å². The van der Waals surface area contributed by atoms with Crippen LogP contribution in [0.5, 0.6) is 0 Å². The molecular weight excluding hydrogens is 229 g/mol.